The zero-order valence-electron chi connectivity index (χ0n) is 16.0. The number of hydrogen-bond donors (Lipinski definition) is 0. The number of sulfone groups is 1. The summed E-state index contributed by atoms with van der Waals surface area (Å²) in [5.41, 5.74) is -1.21. The van der Waals surface area contributed by atoms with E-state index in [1.165, 1.54) is 36.0 Å². The highest BCUT2D eigenvalue weighted by atomic mass is 35.5. The topological polar surface area (TPSA) is 119 Å². The molecule has 4 heterocycles. The molecule has 164 valence electrons. The van der Waals surface area contributed by atoms with Crippen molar-refractivity contribution in [3.05, 3.63) is 53.2 Å². The second-order valence-electron chi connectivity index (χ2n) is 6.44. The minimum Gasteiger partial charge on any atom is -0.251 e. The maximum absolute atomic E-state index is 13.0. The van der Waals surface area contributed by atoms with E-state index in [1.54, 1.807) is 0 Å². The van der Waals surface area contributed by atoms with Crippen molar-refractivity contribution >= 4 is 32.3 Å². The summed E-state index contributed by atoms with van der Waals surface area (Å²) >= 11 is 6.33. The Hall–Kier alpha value is -3.50. The van der Waals surface area contributed by atoms with Crippen LogP contribution in [0.1, 0.15) is 18.3 Å². The third kappa shape index (κ3) is 3.67. The number of fused-ring (bicyclic) bond motifs is 1. The van der Waals surface area contributed by atoms with Gasteiger partial charge in [-0.15, -0.1) is 0 Å². The van der Waals surface area contributed by atoms with Crippen LogP contribution in [0.5, 0.6) is 0 Å². The van der Waals surface area contributed by atoms with Gasteiger partial charge in [0.25, 0.3) is 0 Å². The Morgan fingerprint density at radius 2 is 1.97 bits per heavy atom. The molecular weight excluding hydrogens is 471 g/mol. The highest BCUT2D eigenvalue weighted by Gasteiger charge is 2.33. The predicted octanol–water partition coefficient (Wildman–Crippen LogP) is 3.34. The minimum absolute atomic E-state index is 0.0811. The lowest BCUT2D eigenvalue weighted by molar-refractivity contribution is -0.141. The van der Waals surface area contributed by atoms with Crippen molar-refractivity contribution in [2.45, 2.75) is 18.0 Å². The largest absolute Gasteiger partial charge is 0.433 e. The van der Waals surface area contributed by atoms with Crippen LogP contribution >= 0.6 is 11.6 Å². The minimum atomic E-state index is -4.70. The fourth-order valence-corrected chi connectivity index (χ4v) is 4.12. The Kier molecular flexibility index (Phi) is 5.14. The van der Waals surface area contributed by atoms with Gasteiger partial charge in [-0.1, -0.05) is 18.5 Å². The molecule has 0 radical (unpaired) electrons. The van der Waals surface area contributed by atoms with Crippen molar-refractivity contribution < 1.29 is 21.6 Å². The maximum Gasteiger partial charge on any atom is 0.433 e. The molecule has 0 saturated carbocycles. The Balaban J connectivity index is 1.98. The normalized spacial score (nSPS) is 12.2. The quantitative estimate of drug-likeness (QED) is 0.438. The van der Waals surface area contributed by atoms with Crippen molar-refractivity contribution in [3.8, 4) is 17.7 Å². The van der Waals surface area contributed by atoms with Crippen molar-refractivity contribution in [1.29, 1.82) is 5.26 Å². The molecule has 0 unspecified atom stereocenters. The Bertz CT molecular complexity index is 1500. The predicted molar refractivity (Wildman–Crippen MR) is 106 cm³/mol. The molecule has 0 aliphatic rings. The summed E-state index contributed by atoms with van der Waals surface area (Å²) in [7, 11) is -3.82. The van der Waals surface area contributed by atoms with Crippen LogP contribution in [-0.4, -0.2) is 43.7 Å². The molecule has 4 aromatic heterocycles. The van der Waals surface area contributed by atoms with Crippen LogP contribution in [0.4, 0.5) is 13.2 Å². The number of nitrogens with zero attached hydrogens (tertiary/aromatic N) is 7. The van der Waals surface area contributed by atoms with Gasteiger partial charge < -0.3 is 0 Å². The summed E-state index contributed by atoms with van der Waals surface area (Å²) in [5.74, 6) is -0.353. The fourth-order valence-electron chi connectivity index (χ4n) is 2.86. The number of alkyl halides is 3. The van der Waals surface area contributed by atoms with Crippen molar-refractivity contribution in [2.75, 3.05) is 5.75 Å². The summed E-state index contributed by atoms with van der Waals surface area (Å²) in [6, 6.07) is 6.64. The lowest BCUT2D eigenvalue weighted by Gasteiger charge is -2.11. The molecule has 9 nitrogen and oxygen atoms in total. The van der Waals surface area contributed by atoms with Crippen LogP contribution < -0.4 is 0 Å². The van der Waals surface area contributed by atoms with E-state index in [9.17, 15) is 21.6 Å². The SMILES string of the molecule is CCS(=O)(=O)c1ccc(-n2ccc(C#N)n2)nc1-n1nc2cc(C(F)(F)F)ncc2c1Cl. The number of hydrogen-bond acceptors (Lipinski definition) is 7. The smallest absolute Gasteiger partial charge is 0.251 e. The molecule has 0 amide bonds. The third-order valence-electron chi connectivity index (χ3n) is 4.47. The van der Waals surface area contributed by atoms with Gasteiger partial charge in [0.2, 0.25) is 0 Å². The molecule has 0 aliphatic heterocycles. The Morgan fingerprint density at radius 1 is 1.22 bits per heavy atom. The monoisotopic (exact) mass is 481 g/mol. The van der Waals surface area contributed by atoms with Crippen LogP contribution in [0.3, 0.4) is 0 Å². The first kappa shape index (κ1) is 21.7. The van der Waals surface area contributed by atoms with E-state index in [0.29, 0.717) is 6.07 Å². The van der Waals surface area contributed by atoms with Crippen LogP contribution in [-0.2, 0) is 16.0 Å². The Morgan fingerprint density at radius 3 is 2.59 bits per heavy atom. The molecule has 0 saturated heterocycles. The van der Waals surface area contributed by atoms with E-state index in [2.05, 4.69) is 20.2 Å². The maximum atomic E-state index is 13.0. The summed E-state index contributed by atoms with van der Waals surface area (Å²) in [6.07, 6.45) is -2.34. The van der Waals surface area contributed by atoms with Crippen LogP contribution in [0, 0.1) is 11.3 Å². The molecule has 0 aliphatic carbocycles. The first-order chi connectivity index (χ1) is 15.0. The van der Waals surface area contributed by atoms with Gasteiger partial charge in [0.15, 0.2) is 27.2 Å². The first-order valence-corrected chi connectivity index (χ1v) is 10.9. The molecule has 14 heteroatoms. The van der Waals surface area contributed by atoms with E-state index in [1.807, 2.05) is 6.07 Å². The molecule has 32 heavy (non-hydrogen) atoms. The lowest BCUT2D eigenvalue weighted by Crippen LogP contribution is -2.13. The van der Waals surface area contributed by atoms with Crippen molar-refractivity contribution in [1.82, 2.24) is 29.5 Å². The van der Waals surface area contributed by atoms with Gasteiger partial charge >= 0.3 is 6.18 Å². The van der Waals surface area contributed by atoms with Gasteiger partial charge in [0, 0.05) is 12.4 Å². The van der Waals surface area contributed by atoms with E-state index < -0.39 is 21.7 Å². The average molecular weight is 482 g/mol. The second-order valence-corrected chi connectivity index (χ2v) is 9.04. The fraction of sp³-hybridized carbons (Fsp3) is 0.167. The third-order valence-corrected chi connectivity index (χ3v) is 6.58. The number of rotatable bonds is 4. The molecule has 0 fully saturated rings. The van der Waals surface area contributed by atoms with Crippen LogP contribution in [0.15, 0.2) is 41.6 Å². The van der Waals surface area contributed by atoms with Gasteiger partial charge in [-0.25, -0.2) is 22.8 Å². The van der Waals surface area contributed by atoms with E-state index >= 15 is 0 Å². The van der Waals surface area contributed by atoms with Gasteiger partial charge in [-0.05, 0) is 24.3 Å². The molecule has 0 bridgehead atoms. The van der Waals surface area contributed by atoms with Crippen molar-refractivity contribution in [2.24, 2.45) is 0 Å². The number of aromatic nitrogens is 6. The number of pyridine rings is 2. The molecule has 0 aromatic carbocycles. The average Bonchev–Trinajstić information content (AvgIpc) is 3.37. The van der Waals surface area contributed by atoms with Crippen LogP contribution in [0.25, 0.3) is 22.5 Å². The van der Waals surface area contributed by atoms with Gasteiger partial charge in [-0.3, -0.25) is 4.98 Å². The molecular formula is C18H11ClF3N7O2S. The van der Waals surface area contributed by atoms with Gasteiger partial charge in [-0.2, -0.15) is 28.6 Å². The number of nitriles is 1. The molecule has 4 aromatic rings. The highest BCUT2D eigenvalue weighted by molar-refractivity contribution is 7.91. The lowest BCUT2D eigenvalue weighted by atomic mass is 10.3. The number of halogens is 4. The van der Waals surface area contributed by atoms with Crippen LogP contribution in [0.2, 0.25) is 5.15 Å². The zero-order valence-corrected chi connectivity index (χ0v) is 17.6. The molecule has 4 rings (SSSR count). The molecule has 0 N–H and O–H groups in total. The highest BCUT2D eigenvalue weighted by Crippen LogP contribution is 2.33. The zero-order chi connectivity index (χ0) is 23.3. The summed E-state index contributed by atoms with van der Waals surface area (Å²) in [4.78, 5) is 7.43. The molecule has 0 spiro atoms. The Labute approximate surface area is 183 Å². The molecule has 0 atom stereocenters. The summed E-state index contributed by atoms with van der Waals surface area (Å²) < 4.78 is 66.6. The van der Waals surface area contributed by atoms with Crippen molar-refractivity contribution in [3.63, 3.8) is 0 Å². The summed E-state index contributed by atoms with van der Waals surface area (Å²) in [5, 5.41) is 16.9. The van der Waals surface area contributed by atoms with E-state index in [0.717, 1.165) is 10.9 Å². The standard InChI is InChI=1S/C18H11ClF3N7O2S/c1-2-32(30,31)13-3-4-15(28-6-5-10(8-23)26-28)25-17(13)29-16(19)11-9-24-14(18(20,21)22)7-12(11)27-29/h3-7,9H,2H2,1H3. The summed E-state index contributed by atoms with van der Waals surface area (Å²) in [6.45, 7) is 1.43. The van der Waals surface area contributed by atoms with Gasteiger partial charge in [0.1, 0.15) is 21.8 Å². The van der Waals surface area contributed by atoms with Gasteiger partial charge in [0.05, 0.1) is 16.7 Å². The second kappa shape index (κ2) is 7.57. The van der Waals surface area contributed by atoms with E-state index in [-0.39, 0.29) is 44.0 Å². The first-order valence-electron chi connectivity index (χ1n) is 8.87. The van der Waals surface area contributed by atoms with E-state index in [4.69, 9.17) is 16.9 Å².